The molecule has 2 aliphatic rings. The van der Waals surface area contributed by atoms with Gasteiger partial charge in [0.2, 0.25) is 0 Å². The third-order valence-corrected chi connectivity index (χ3v) is 3.24. The zero-order valence-corrected chi connectivity index (χ0v) is 12.2. The highest BCUT2D eigenvalue weighted by molar-refractivity contribution is 5.70. The van der Waals surface area contributed by atoms with Crippen molar-refractivity contribution in [3.63, 3.8) is 0 Å². The molecule has 0 aliphatic carbocycles. The van der Waals surface area contributed by atoms with Crippen LogP contribution in [0.5, 0.6) is 0 Å². The van der Waals surface area contributed by atoms with E-state index in [0.29, 0.717) is 0 Å². The van der Waals surface area contributed by atoms with Crippen molar-refractivity contribution in [3.05, 3.63) is 0 Å². The molecule has 2 fully saturated rings. The summed E-state index contributed by atoms with van der Waals surface area (Å²) in [5.41, 5.74) is -0.628. The molecule has 0 saturated carbocycles. The number of rotatable bonds is 1. The lowest BCUT2D eigenvalue weighted by Crippen LogP contribution is -2.47. The molecule has 4 atom stereocenters. The average molecular weight is 287 g/mol. The largest absolute Gasteiger partial charge is 0.458 e. The summed E-state index contributed by atoms with van der Waals surface area (Å²) in [6.45, 7) is 6.89. The Hall–Kier alpha value is -1.34. The lowest BCUT2D eigenvalue weighted by Gasteiger charge is -2.29. The number of β-amino-alcohol motifs (C(OH)–C–C–N with tert-alkyl or cyclic N) is 1. The van der Waals surface area contributed by atoms with Gasteiger partial charge < -0.3 is 19.3 Å². The zero-order valence-electron chi connectivity index (χ0n) is 12.2. The summed E-state index contributed by atoms with van der Waals surface area (Å²) in [5, 5.41) is 9.95. The molecule has 0 aromatic heterocycles. The molecule has 114 valence electrons. The standard InChI is InChI=1S/C13H21NO6/c1-7(15)19-9-6-18-11-8(16)5-14(10(9)11)12(17)20-13(2,3)4/h8-11,16H,5-6H2,1-4H3. The first-order valence-electron chi connectivity index (χ1n) is 6.65. The van der Waals surface area contributed by atoms with Crippen molar-refractivity contribution in [3.8, 4) is 0 Å². The van der Waals surface area contributed by atoms with Gasteiger partial charge in [0.05, 0.1) is 13.2 Å². The molecule has 0 bridgehead atoms. The Labute approximate surface area is 117 Å². The van der Waals surface area contributed by atoms with Crippen LogP contribution in [0.15, 0.2) is 0 Å². The van der Waals surface area contributed by atoms with Crippen molar-refractivity contribution in [2.75, 3.05) is 13.2 Å². The summed E-state index contributed by atoms with van der Waals surface area (Å²) in [6, 6.07) is -0.497. The van der Waals surface area contributed by atoms with Crippen molar-refractivity contribution in [1.82, 2.24) is 4.90 Å². The predicted octanol–water partition coefficient (Wildman–Crippen LogP) is 0.297. The van der Waals surface area contributed by atoms with Gasteiger partial charge in [-0.25, -0.2) is 4.79 Å². The summed E-state index contributed by atoms with van der Waals surface area (Å²) < 4.78 is 15.9. The highest BCUT2D eigenvalue weighted by atomic mass is 16.6. The number of aliphatic hydroxyl groups is 1. The number of esters is 1. The second kappa shape index (κ2) is 5.21. The Morgan fingerprint density at radius 3 is 2.55 bits per heavy atom. The van der Waals surface area contributed by atoms with E-state index in [1.807, 2.05) is 0 Å². The van der Waals surface area contributed by atoms with Crippen molar-refractivity contribution in [1.29, 1.82) is 0 Å². The molecule has 1 N–H and O–H groups in total. The molecular weight excluding hydrogens is 266 g/mol. The van der Waals surface area contributed by atoms with Crippen molar-refractivity contribution in [2.24, 2.45) is 0 Å². The van der Waals surface area contributed by atoms with Crippen LogP contribution in [-0.4, -0.2) is 65.2 Å². The molecular formula is C13H21NO6. The number of amides is 1. The molecule has 2 rings (SSSR count). The van der Waals surface area contributed by atoms with E-state index in [4.69, 9.17) is 14.2 Å². The molecule has 0 aromatic carbocycles. The van der Waals surface area contributed by atoms with E-state index in [9.17, 15) is 14.7 Å². The highest BCUT2D eigenvalue weighted by Gasteiger charge is 2.54. The fourth-order valence-corrected chi connectivity index (χ4v) is 2.59. The second-order valence-corrected chi connectivity index (χ2v) is 6.14. The van der Waals surface area contributed by atoms with Crippen molar-refractivity contribution >= 4 is 12.1 Å². The molecule has 0 aromatic rings. The Balaban J connectivity index is 2.12. The van der Waals surface area contributed by atoms with Gasteiger partial charge in [0.1, 0.15) is 30.0 Å². The summed E-state index contributed by atoms with van der Waals surface area (Å²) >= 11 is 0. The number of carbonyl (C=O) groups excluding carboxylic acids is 2. The van der Waals surface area contributed by atoms with E-state index in [0.717, 1.165) is 0 Å². The Kier molecular flexibility index (Phi) is 3.93. The van der Waals surface area contributed by atoms with Crippen LogP contribution in [0.3, 0.4) is 0 Å². The molecule has 2 aliphatic heterocycles. The maximum Gasteiger partial charge on any atom is 0.410 e. The quantitative estimate of drug-likeness (QED) is 0.698. The smallest absolute Gasteiger partial charge is 0.410 e. The summed E-state index contributed by atoms with van der Waals surface area (Å²) in [6.07, 6.45) is -2.44. The van der Waals surface area contributed by atoms with E-state index in [-0.39, 0.29) is 13.2 Å². The van der Waals surface area contributed by atoms with Gasteiger partial charge in [-0.1, -0.05) is 0 Å². The third kappa shape index (κ3) is 3.04. The van der Waals surface area contributed by atoms with Gasteiger partial charge in [0.25, 0.3) is 0 Å². The highest BCUT2D eigenvalue weighted by Crippen LogP contribution is 2.32. The lowest BCUT2D eigenvalue weighted by molar-refractivity contribution is -0.148. The van der Waals surface area contributed by atoms with Crippen LogP contribution < -0.4 is 0 Å². The normalized spacial score (nSPS) is 33.0. The molecule has 0 radical (unpaired) electrons. The minimum atomic E-state index is -0.798. The van der Waals surface area contributed by atoms with Gasteiger partial charge in [-0.15, -0.1) is 0 Å². The van der Waals surface area contributed by atoms with Gasteiger partial charge in [-0.05, 0) is 20.8 Å². The van der Waals surface area contributed by atoms with E-state index >= 15 is 0 Å². The Morgan fingerprint density at radius 2 is 2.00 bits per heavy atom. The third-order valence-electron chi connectivity index (χ3n) is 3.24. The van der Waals surface area contributed by atoms with Crippen LogP contribution in [0.4, 0.5) is 4.79 Å². The monoisotopic (exact) mass is 287 g/mol. The van der Waals surface area contributed by atoms with Crippen LogP contribution in [0.1, 0.15) is 27.7 Å². The van der Waals surface area contributed by atoms with E-state index < -0.39 is 42.0 Å². The van der Waals surface area contributed by atoms with Gasteiger partial charge in [-0.3, -0.25) is 9.69 Å². The summed E-state index contributed by atoms with van der Waals surface area (Å²) in [5.74, 6) is -0.440. The second-order valence-electron chi connectivity index (χ2n) is 6.14. The van der Waals surface area contributed by atoms with Gasteiger partial charge in [0, 0.05) is 6.92 Å². The fraction of sp³-hybridized carbons (Fsp3) is 0.846. The number of likely N-dealkylation sites (tertiary alicyclic amines) is 1. The van der Waals surface area contributed by atoms with Crippen LogP contribution >= 0.6 is 0 Å². The molecule has 7 nitrogen and oxygen atoms in total. The molecule has 2 saturated heterocycles. The topological polar surface area (TPSA) is 85.3 Å². The Bertz CT molecular complexity index is 404. The first kappa shape index (κ1) is 15.1. The molecule has 2 heterocycles. The number of fused-ring (bicyclic) bond motifs is 1. The molecule has 4 unspecified atom stereocenters. The van der Waals surface area contributed by atoms with Crippen molar-refractivity contribution in [2.45, 2.75) is 57.6 Å². The van der Waals surface area contributed by atoms with Crippen LogP contribution in [0, 0.1) is 0 Å². The number of nitrogens with zero attached hydrogens (tertiary/aromatic N) is 1. The fourth-order valence-electron chi connectivity index (χ4n) is 2.59. The maximum atomic E-state index is 12.2. The van der Waals surface area contributed by atoms with Crippen LogP contribution in [0.25, 0.3) is 0 Å². The van der Waals surface area contributed by atoms with E-state index in [1.54, 1.807) is 20.8 Å². The van der Waals surface area contributed by atoms with E-state index in [2.05, 4.69) is 0 Å². The van der Waals surface area contributed by atoms with Gasteiger partial charge in [0.15, 0.2) is 0 Å². The number of hydrogen-bond donors (Lipinski definition) is 1. The zero-order chi connectivity index (χ0) is 15.1. The minimum Gasteiger partial charge on any atom is -0.458 e. The molecule has 0 spiro atoms. The number of carbonyl (C=O) groups is 2. The van der Waals surface area contributed by atoms with E-state index in [1.165, 1.54) is 11.8 Å². The van der Waals surface area contributed by atoms with Crippen molar-refractivity contribution < 1.29 is 28.9 Å². The number of ether oxygens (including phenoxy) is 3. The Morgan fingerprint density at radius 1 is 1.35 bits per heavy atom. The first-order chi connectivity index (χ1) is 9.19. The molecule has 20 heavy (non-hydrogen) atoms. The predicted molar refractivity (Wildman–Crippen MR) is 68.0 cm³/mol. The number of hydrogen-bond acceptors (Lipinski definition) is 6. The molecule has 7 heteroatoms. The van der Waals surface area contributed by atoms with Gasteiger partial charge >= 0.3 is 12.1 Å². The molecule has 1 amide bonds. The average Bonchev–Trinajstić information content (AvgIpc) is 2.79. The summed E-state index contributed by atoms with van der Waals surface area (Å²) in [4.78, 5) is 24.7. The van der Waals surface area contributed by atoms with Gasteiger partial charge in [-0.2, -0.15) is 0 Å². The van der Waals surface area contributed by atoms with Crippen LogP contribution in [0.2, 0.25) is 0 Å². The first-order valence-corrected chi connectivity index (χ1v) is 6.65. The lowest BCUT2D eigenvalue weighted by atomic mass is 10.1. The maximum absolute atomic E-state index is 12.2. The minimum absolute atomic E-state index is 0.113. The van der Waals surface area contributed by atoms with Crippen LogP contribution in [-0.2, 0) is 19.0 Å². The SMILES string of the molecule is CC(=O)OC1COC2C(O)CN(C(=O)OC(C)(C)C)C12. The number of aliphatic hydroxyl groups excluding tert-OH is 1. The summed E-state index contributed by atoms with van der Waals surface area (Å²) in [7, 11) is 0.